The van der Waals surface area contributed by atoms with E-state index in [-0.39, 0.29) is 5.91 Å². The molecule has 30 heavy (non-hydrogen) atoms. The Morgan fingerprint density at radius 1 is 0.867 bits per heavy atom. The maximum Gasteiger partial charge on any atom is 0.255 e. The number of hydrogen-bond acceptors (Lipinski definition) is 4. The molecule has 0 radical (unpaired) electrons. The summed E-state index contributed by atoms with van der Waals surface area (Å²) in [5, 5.41) is 6.66. The quantitative estimate of drug-likeness (QED) is 0.414. The lowest BCUT2D eigenvalue weighted by Crippen LogP contribution is -2.12. The normalized spacial score (nSPS) is 10.5. The summed E-state index contributed by atoms with van der Waals surface area (Å²) in [4.78, 5) is 21.3. The van der Waals surface area contributed by atoms with E-state index in [1.165, 1.54) is 11.9 Å². The summed E-state index contributed by atoms with van der Waals surface area (Å²) in [6.45, 7) is 2.05. The molecule has 0 spiro atoms. The van der Waals surface area contributed by atoms with E-state index in [4.69, 9.17) is 11.6 Å². The molecule has 0 atom stereocenters. The molecule has 0 fully saturated rings. The largest absolute Gasteiger partial charge is 0.340 e. The first-order chi connectivity index (χ1) is 14.6. The second-order valence-corrected chi connectivity index (χ2v) is 7.26. The van der Waals surface area contributed by atoms with E-state index in [0.29, 0.717) is 22.1 Å². The van der Waals surface area contributed by atoms with Gasteiger partial charge in [0.2, 0.25) is 0 Å². The molecule has 5 nitrogen and oxygen atoms in total. The Morgan fingerprint density at radius 3 is 2.50 bits per heavy atom. The topological polar surface area (TPSA) is 66.9 Å². The van der Waals surface area contributed by atoms with Crippen molar-refractivity contribution in [2.75, 3.05) is 10.6 Å². The Balaban J connectivity index is 1.52. The molecule has 4 rings (SSSR count). The summed E-state index contributed by atoms with van der Waals surface area (Å²) in [6, 6.07) is 24.3. The Morgan fingerprint density at radius 2 is 1.67 bits per heavy atom. The third-order valence-corrected chi connectivity index (χ3v) is 4.70. The van der Waals surface area contributed by atoms with Crippen molar-refractivity contribution in [1.82, 2.24) is 9.97 Å². The molecule has 3 aromatic carbocycles. The fraction of sp³-hybridized carbons (Fsp3) is 0.0417. The van der Waals surface area contributed by atoms with Gasteiger partial charge in [-0.15, -0.1) is 0 Å². The highest BCUT2D eigenvalue weighted by Gasteiger charge is 2.08. The van der Waals surface area contributed by atoms with E-state index in [9.17, 15) is 4.79 Å². The molecule has 1 aromatic heterocycles. The van der Waals surface area contributed by atoms with Crippen molar-refractivity contribution in [1.29, 1.82) is 0 Å². The van der Waals surface area contributed by atoms with Crippen LogP contribution in [0.1, 0.15) is 15.9 Å². The van der Waals surface area contributed by atoms with Crippen molar-refractivity contribution in [3.05, 3.63) is 101 Å². The number of aromatic nitrogens is 2. The van der Waals surface area contributed by atoms with Crippen LogP contribution in [0, 0.1) is 6.92 Å². The maximum atomic E-state index is 12.6. The number of hydrogen-bond donors (Lipinski definition) is 2. The molecule has 0 bridgehead atoms. The van der Waals surface area contributed by atoms with Crippen LogP contribution in [-0.4, -0.2) is 15.9 Å². The molecular formula is C24H19ClN4O. The van der Waals surface area contributed by atoms with Crippen molar-refractivity contribution < 1.29 is 4.79 Å². The van der Waals surface area contributed by atoms with Gasteiger partial charge in [-0.25, -0.2) is 9.97 Å². The van der Waals surface area contributed by atoms with E-state index in [1.807, 2.05) is 43.3 Å². The maximum absolute atomic E-state index is 12.6. The Kier molecular flexibility index (Phi) is 5.72. The number of rotatable bonds is 5. The van der Waals surface area contributed by atoms with Gasteiger partial charge >= 0.3 is 0 Å². The lowest BCUT2D eigenvalue weighted by Gasteiger charge is -2.10. The standard InChI is InChI=1S/C24H19ClN4O/c1-16-5-2-6-17(11-16)22-14-23(27-15-26-22)28-20-9-3-7-18(12-20)24(30)29-21-10-4-8-19(25)13-21/h2-15H,1H3,(H,29,30)(H,26,27,28). The summed E-state index contributed by atoms with van der Waals surface area (Å²) in [7, 11) is 0. The van der Waals surface area contributed by atoms with Gasteiger partial charge in [-0.3, -0.25) is 4.79 Å². The molecule has 148 valence electrons. The van der Waals surface area contributed by atoms with Crippen LogP contribution in [0.5, 0.6) is 0 Å². The van der Waals surface area contributed by atoms with Crippen LogP contribution in [-0.2, 0) is 0 Å². The number of aryl methyl sites for hydroxylation is 1. The molecule has 4 aromatic rings. The first-order valence-corrected chi connectivity index (χ1v) is 9.78. The average Bonchev–Trinajstić information content (AvgIpc) is 2.74. The molecule has 0 aliphatic carbocycles. The van der Waals surface area contributed by atoms with E-state index < -0.39 is 0 Å². The van der Waals surface area contributed by atoms with Crippen LogP contribution in [0.25, 0.3) is 11.3 Å². The lowest BCUT2D eigenvalue weighted by atomic mass is 10.1. The van der Waals surface area contributed by atoms with Crippen LogP contribution in [0.2, 0.25) is 5.02 Å². The Bertz CT molecular complexity index is 1210. The van der Waals surface area contributed by atoms with Crippen LogP contribution in [0.15, 0.2) is 85.2 Å². The molecular weight excluding hydrogens is 396 g/mol. The molecule has 1 amide bonds. The molecule has 2 N–H and O–H groups in total. The monoisotopic (exact) mass is 414 g/mol. The second-order valence-electron chi connectivity index (χ2n) is 6.83. The Labute approximate surface area is 179 Å². The van der Waals surface area contributed by atoms with Crippen LogP contribution >= 0.6 is 11.6 Å². The predicted molar refractivity (Wildman–Crippen MR) is 121 cm³/mol. The summed E-state index contributed by atoms with van der Waals surface area (Å²) in [5.74, 6) is 0.429. The number of amides is 1. The summed E-state index contributed by atoms with van der Waals surface area (Å²) in [5.41, 5.74) is 4.93. The van der Waals surface area contributed by atoms with Gasteiger partial charge in [0.1, 0.15) is 12.1 Å². The molecule has 0 aliphatic rings. The molecule has 6 heteroatoms. The van der Waals surface area contributed by atoms with E-state index in [0.717, 1.165) is 16.9 Å². The second kappa shape index (κ2) is 8.76. The van der Waals surface area contributed by atoms with Crippen molar-refractivity contribution in [3.8, 4) is 11.3 Å². The van der Waals surface area contributed by atoms with E-state index in [1.54, 1.807) is 36.4 Å². The van der Waals surface area contributed by atoms with E-state index in [2.05, 4.69) is 26.7 Å². The molecule has 0 unspecified atom stereocenters. The highest BCUT2D eigenvalue weighted by Crippen LogP contribution is 2.23. The van der Waals surface area contributed by atoms with Gasteiger partial charge in [0.05, 0.1) is 5.69 Å². The zero-order valence-corrected chi connectivity index (χ0v) is 17.0. The number of carbonyl (C=O) groups excluding carboxylic acids is 1. The zero-order valence-electron chi connectivity index (χ0n) is 16.3. The molecule has 0 saturated carbocycles. The zero-order chi connectivity index (χ0) is 20.9. The Hall–Kier alpha value is -3.70. The third-order valence-electron chi connectivity index (χ3n) is 4.46. The van der Waals surface area contributed by atoms with Gasteiger partial charge in [0.15, 0.2) is 0 Å². The summed E-state index contributed by atoms with van der Waals surface area (Å²) >= 11 is 5.98. The fourth-order valence-electron chi connectivity index (χ4n) is 3.04. The SMILES string of the molecule is Cc1cccc(-c2cc(Nc3cccc(C(=O)Nc4cccc(Cl)c4)c3)ncn2)c1. The highest BCUT2D eigenvalue weighted by molar-refractivity contribution is 6.31. The van der Waals surface area contributed by atoms with Crippen molar-refractivity contribution >= 4 is 34.7 Å². The van der Waals surface area contributed by atoms with Crippen molar-refractivity contribution in [3.63, 3.8) is 0 Å². The number of nitrogens with one attached hydrogen (secondary N) is 2. The number of benzene rings is 3. The smallest absolute Gasteiger partial charge is 0.255 e. The highest BCUT2D eigenvalue weighted by atomic mass is 35.5. The van der Waals surface area contributed by atoms with E-state index >= 15 is 0 Å². The number of halogens is 1. The van der Waals surface area contributed by atoms with Gasteiger partial charge in [0, 0.05) is 33.6 Å². The predicted octanol–water partition coefficient (Wildman–Crippen LogP) is 6.10. The minimum absolute atomic E-state index is 0.218. The first kappa shape index (κ1) is 19.6. The number of anilines is 3. The third kappa shape index (κ3) is 4.82. The van der Waals surface area contributed by atoms with Crippen LogP contribution < -0.4 is 10.6 Å². The molecule has 0 saturated heterocycles. The van der Waals surface area contributed by atoms with Gasteiger partial charge in [0.25, 0.3) is 5.91 Å². The average molecular weight is 415 g/mol. The van der Waals surface area contributed by atoms with Gasteiger partial charge in [-0.1, -0.05) is 47.5 Å². The van der Waals surface area contributed by atoms with Gasteiger partial charge < -0.3 is 10.6 Å². The number of carbonyl (C=O) groups is 1. The van der Waals surface area contributed by atoms with Crippen LogP contribution in [0.3, 0.4) is 0 Å². The summed E-state index contributed by atoms with van der Waals surface area (Å²) < 4.78 is 0. The fourth-order valence-corrected chi connectivity index (χ4v) is 3.23. The molecule has 1 heterocycles. The lowest BCUT2D eigenvalue weighted by molar-refractivity contribution is 0.102. The summed E-state index contributed by atoms with van der Waals surface area (Å²) in [6.07, 6.45) is 1.52. The van der Waals surface area contributed by atoms with Crippen molar-refractivity contribution in [2.45, 2.75) is 6.92 Å². The molecule has 0 aliphatic heterocycles. The minimum atomic E-state index is -0.218. The van der Waals surface area contributed by atoms with Crippen LogP contribution in [0.4, 0.5) is 17.2 Å². The number of nitrogens with zero attached hydrogens (tertiary/aromatic N) is 2. The van der Waals surface area contributed by atoms with Crippen molar-refractivity contribution in [2.24, 2.45) is 0 Å². The van der Waals surface area contributed by atoms with Gasteiger partial charge in [-0.05, 0) is 49.4 Å². The first-order valence-electron chi connectivity index (χ1n) is 9.40. The minimum Gasteiger partial charge on any atom is -0.340 e. The van der Waals surface area contributed by atoms with Gasteiger partial charge in [-0.2, -0.15) is 0 Å².